The highest BCUT2D eigenvalue weighted by molar-refractivity contribution is 6.04. The van der Waals surface area contributed by atoms with Gasteiger partial charge in [-0.15, -0.1) is 0 Å². The maximum absolute atomic E-state index is 13.1. The largest absolute Gasteiger partial charge is 0.458 e. The van der Waals surface area contributed by atoms with Crippen molar-refractivity contribution in [2.24, 2.45) is 17.8 Å². The van der Waals surface area contributed by atoms with E-state index in [2.05, 4.69) is 26.1 Å². The van der Waals surface area contributed by atoms with Gasteiger partial charge in [-0.2, -0.15) is 0 Å². The summed E-state index contributed by atoms with van der Waals surface area (Å²) in [7, 11) is 0. The average Bonchev–Trinajstić information content (AvgIpc) is 2.93. The summed E-state index contributed by atoms with van der Waals surface area (Å²) in [6, 6.07) is 22.6. The van der Waals surface area contributed by atoms with Gasteiger partial charge in [-0.05, 0) is 79.1 Å². The maximum Gasteiger partial charge on any atom is 0.339 e. The Hall–Kier alpha value is -4.13. The van der Waals surface area contributed by atoms with E-state index >= 15 is 0 Å². The van der Waals surface area contributed by atoms with Gasteiger partial charge in [-0.25, -0.2) is 9.59 Å². The van der Waals surface area contributed by atoms with Crippen molar-refractivity contribution in [1.82, 2.24) is 0 Å². The van der Waals surface area contributed by atoms with Crippen molar-refractivity contribution >= 4 is 23.5 Å². The molecule has 0 radical (unpaired) electrons. The van der Waals surface area contributed by atoms with Crippen molar-refractivity contribution in [3.05, 3.63) is 90.0 Å². The summed E-state index contributed by atoms with van der Waals surface area (Å²) in [6.07, 6.45) is 2.74. The number of nitrogens with one attached hydrogen (secondary N) is 1. The maximum atomic E-state index is 13.1. The molecule has 0 saturated heterocycles. The van der Waals surface area contributed by atoms with Crippen LogP contribution < -0.4 is 10.1 Å². The fourth-order valence-corrected chi connectivity index (χ4v) is 4.93. The molecule has 0 aliphatic heterocycles. The second kappa shape index (κ2) is 13.1. The number of rotatable bonds is 9. The average molecular weight is 530 g/mol. The third kappa shape index (κ3) is 7.69. The Labute approximate surface area is 229 Å². The third-order valence-corrected chi connectivity index (χ3v) is 7.04. The van der Waals surface area contributed by atoms with E-state index < -0.39 is 24.5 Å². The van der Waals surface area contributed by atoms with E-state index in [4.69, 9.17) is 14.2 Å². The molecule has 1 saturated carbocycles. The summed E-state index contributed by atoms with van der Waals surface area (Å²) in [5.74, 6) is 0.667. The standard InChI is InChI=1S/C32H35NO6/c1-21(2)26-18-13-22(3)19-29(26)39-32(36)28-12-8-7-11-27(28)31(35)37-20-30(34)33-23-14-16-25(17-15-23)38-24-9-5-4-6-10-24/h4-12,14-17,21-22,26,29H,13,18-20H2,1-3H3,(H,33,34)/t22-,26+,29+/m1/s1. The molecule has 3 atom stereocenters. The lowest BCUT2D eigenvalue weighted by Crippen LogP contribution is -2.36. The zero-order valence-electron chi connectivity index (χ0n) is 22.6. The fourth-order valence-electron chi connectivity index (χ4n) is 4.93. The van der Waals surface area contributed by atoms with Gasteiger partial charge in [-0.3, -0.25) is 4.79 Å². The molecular weight excluding hydrogens is 494 g/mol. The van der Waals surface area contributed by atoms with E-state index in [9.17, 15) is 14.4 Å². The Morgan fingerprint density at radius 3 is 2.10 bits per heavy atom. The molecule has 0 spiro atoms. The van der Waals surface area contributed by atoms with Gasteiger partial charge >= 0.3 is 11.9 Å². The minimum Gasteiger partial charge on any atom is -0.458 e. The Bertz CT molecular complexity index is 1270. The molecule has 4 rings (SSSR count). The molecular formula is C32H35NO6. The van der Waals surface area contributed by atoms with E-state index in [1.807, 2.05) is 30.3 Å². The summed E-state index contributed by atoms with van der Waals surface area (Å²) in [5.41, 5.74) is 0.738. The van der Waals surface area contributed by atoms with E-state index in [-0.39, 0.29) is 23.1 Å². The van der Waals surface area contributed by atoms with Gasteiger partial charge in [0.1, 0.15) is 17.6 Å². The van der Waals surface area contributed by atoms with E-state index in [0.717, 1.165) is 19.3 Å². The highest BCUT2D eigenvalue weighted by Crippen LogP contribution is 2.36. The third-order valence-electron chi connectivity index (χ3n) is 7.04. The summed E-state index contributed by atoms with van der Waals surface area (Å²) < 4.78 is 16.9. The highest BCUT2D eigenvalue weighted by atomic mass is 16.5. The smallest absolute Gasteiger partial charge is 0.339 e. The van der Waals surface area contributed by atoms with Crippen LogP contribution in [0.5, 0.6) is 11.5 Å². The quantitative estimate of drug-likeness (QED) is 0.304. The van der Waals surface area contributed by atoms with E-state index in [1.54, 1.807) is 42.5 Å². The van der Waals surface area contributed by atoms with Gasteiger partial charge in [0.05, 0.1) is 11.1 Å². The number of para-hydroxylation sites is 1. The molecule has 1 amide bonds. The van der Waals surface area contributed by atoms with Gasteiger partial charge < -0.3 is 19.5 Å². The van der Waals surface area contributed by atoms with Crippen LogP contribution in [0.25, 0.3) is 0 Å². The number of carbonyl (C=O) groups is 3. The molecule has 1 N–H and O–H groups in total. The van der Waals surface area contributed by atoms with Gasteiger partial charge in [0.25, 0.3) is 5.91 Å². The summed E-state index contributed by atoms with van der Waals surface area (Å²) in [6.45, 7) is 5.95. The number of esters is 2. The van der Waals surface area contributed by atoms with Crippen LogP contribution in [0.3, 0.4) is 0 Å². The Balaban J connectivity index is 1.32. The lowest BCUT2D eigenvalue weighted by Gasteiger charge is -2.36. The van der Waals surface area contributed by atoms with Crippen LogP contribution in [0.15, 0.2) is 78.9 Å². The van der Waals surface area contributed by atoms with Crippen LogP contribution in [-0.4, -0.2) is 30.6 Å². The number of benzene rings is 3. The molecule has 0 heterocycles. The fraction of sp³-hybridized carbons (Fsp3) is 0.344. The summed E-state index contributed by atoms with van der Waals surface area (Å²) in [5, 5.41) is 2.69. The molecule has 39 heavy (non-hydrogen) atoms. The van der Waals surface area contributed by atoms with Crippen LogP contribution in [0.2, 0.25) is 0 Å². The first-order valence-electron chi connectivity index (χ1n) is 13.4. The summed E-state index contributed by atoms with van der Waals surface area (Å²) in [4.78, 5) is 38.4. The van der Waals surface area contributed by atoms with Crippen LogP contribution in [0.4, 0.5) is 5.69 Å². The zero-order valence-corrected chi connectivity index (χ0v) is 22.6. The second-order valence-electron chi connectivity index (χ2n) is 10.4. The van der Waals surface area contributed by atoms with Crippen molar-refractivity contribution < 1.29 is 28.6 Å². The number of hydrogen-bond acceptors (Lipinski definition) is 6. The lowest BCUT2D eigenvalue weighted by atomic mass is 9.75. The van der Waals surface area contributed by atoms with Crippen LogP contribution in [0.1, 0.15) is 60.7 Å². The molecule has 0 aromatic heterocycles. The predicted molar refractivity (Wildman–Crippen MR) is 149 cm³/mol. The monoisotopic (exact) mass is 529 g/mol. The minimum absolute atomic E-state index is 0.0719. The normalized spacial score (nSPS) is 18.7. The molecule has 0 unspecified atom stereocenters. The Morgan fingerprint density at radius 1 is 0.821 bits per heavy atom. The molecule has 0 bridgehead atoms. The number of anilines is 1. The molecule has 204 valence electrons. The number of hydrogen-bond donors (Lipinski definition) is 1. The zero-order chi connectivity index (χ0) is 27.8. The topological polar surface area (TPSA) is 90.9 Å². The van der Waals surface area contributed by atoms with E-state index in [0.29, 0.717) is 29.0 Å². The van der Waals surface area contributed by atoms with Crippen molar-refractivity contribution in [3.8, 4) is 11.5 Å². The molecule has 7 nitrogen and oxygen atoms in total. The van der Waals surface area contributed by atoms with Gasteiger partial charge in [0, 0.05) is 5.69 Å². The molecule has 3 aromatic carbocycles. The molecule has 3 aromatic rings. The van der Waals surface area contributed by atoms with Crippen molar-refractivity contribution in [1.29, 1.82) is 0 Å². The number of amides is 1. The minimum atomic E-state index is -0.762. The van der Waals surface area contributed by atoms with Gasteiger partial charge in [0.15, 0.2) is 6.61 Å². The molecule has 1 aliphatic carbocycles. The van der Waals surface area contributed by atoms with Crippen molar-refractivity contribution in [3.63, 3.8) is 0 Å². The van der Waals surface area contributed by atoms with Crippen LogP contribution in [-0.2, 0) is 14.3 Å². The first-order chi connectivity index (χ1) is 18.8. The van der Waals surface area contributed by atoms with Crippen LogP contribution in [0, 0.1) is 17.8 Å². The highest BCUT2D eigenvalue weighted by Gasteiger charge is 2.34. The molecule has 1 aliphatic rings. The van der Waals surface area contributed by atoms with Gasteiger partial charge in [-0.1, -0.05) is 57.5 Å². The van der Waals surface area contributed by atoms with Crippen molar-refractivity contribution in [2.75, 3.05) is 11.9 Å². The summed E-state index contributed by atoms with van der Waals surface area (Å²) >= 11 is 0. The Kier molecular flexibility index (Phi) is 9.36. The van der Waals surface area contributed by atoms with Crippen LogP contribution >= 0.6 is 0 Å². The molecule has 1 fully saturated rings. The SMILES string of the molecule is CC(C)[C@@H]1CC[C@@H](C)C[C@@H]1OC(=O)c1ccccc1C(=O)OCC(=O)Nc1ccc(Oc2ccccc2)cc1. The van der Waals surface area contributed by atoms with Crippen molar-refractivity contribution in [2.45, 2.75) is 46.1 Å². The first-order valence-corrected chi connectivity index (χ1v) is 13.4. The van der Waals surface area contributed by atoms with Gasteiger partial charge in [0.2, 0.25) is 0 Å². The van der Waals surface area contributed by atoms with E-state index in [1.165, 1.54) is 6.07 Å². The number of carbonyl (C=O) groups excluding carboxylic acids is 3. The molecule has 7 heteroatoms. The predicted octanol–water partition coefficient (Wildman–Crippen LogP) is 6.89. The Morgan fingerprint density at radius 2 is 1.44 bits per heavy atom. The number of ether oxygens (including phenoxy) is 3. The first kappa shape index (κ1) is 27.9. The second-order valence-corrected chi connectivity index (χ2v) is 10.4. The lowest BCUT2D eigenvalue weighted by molar-refractivity contribution is -0.119.